The Morgan fingerprint density at radius 1 is 0.906 bits per heavy atom. The second kappa shape index (κ2) is 12.0. The number of benzene rings is 3. The van der Waals surface area contributed by atoms with Gasteiger partial charge < -0.3 is 10.6 Å². The van der Waals surface area contributed by atoms with Gasteiger partial charge in [-0.3, -0.25) is 9.59 Å². The van der Waals surface area contributed by atoms with Crippen LogP contribution in [-0.4, -0.2) is 11.8 Å². The number of carbonyl (C=O) groups excluding carboxylic acids is 2. The number of nitrogens with one attached hydrogen (secondary N) is 2. The Morgan fingerprint density at radius 3 is 2.31 bits per heavy atom. The lowest BCUT2D eigenvalue weighted by Crippen LogP contribution is -2.19. The first-order valence-electron chi connectivity index (χ1n) is 10.3. The van der Waals surface area contributed by atoms with Crippen LogP contribution in [-0.2, 0) is 9.59 Å². The van der Waals surface area contributed by atoms with Crippen molar-refractivity contribution in [3.8, 4) is 0 Å². The molecular weight excluding hydrogens is 463 g/mol. The average molecular weight is 487 g/mol. The summed E-state index contributed by atoms with van der Waals surface area (Å²) in [6.45, 7) is 2.05. The number of carbonyl (C=O) groups is 2. The molecule has 3 aromatic carbocycles. The molecule has 1 unspecified atom stereocenters. The summed E-state index contributed by atoms with van der Waals surface area (Å²) in [5.41, 5.74) is 2.07. The molecule has 4 nitrogen and oxygen atoms in total. The summed E-state index contributed by atoms with van der Waals surface area (Å²) in [5.74, 6) is -0.200. The lowest BCUT2D eigenvalue weighted by molar-refractivity contribution is -0.116. The van der Waals surface area contributed by atoms with Crippen molar-refractivity contribution in [2.45, 2.75) is 36.3 Å². The molecule has 0 aliphatic rings. The van der Waals surface area contributed by atoms with E-state index in [1.165, 1.54) is 11.8 Å². The molecule has 0 bridgehead atoms. The molecule has 0 fully saturated rings. The Morgan fingerprint density at radius 2 is 1.62 bits per heavy atom. The number of amides is 2. The van der Waals surface area contributed by atoms with Gasteiger partial charge in [0.2, 0.25) is 11.8 Å². The zero-order valence-electron chi connectivity index (χ0n) is 17.6. The van der Waals surface area contributed by atoms with Crippen molar-refractivity contribution in [2.24, 2.45) is 0 Å². The predicted molar refractivity (Wildman–Crippen MR) is 135 cm³/mol. The number of halogens is 2. The Hall–Kier alpha value is -2.47. The molecule has 0 saturated heterocycles. The summed E-state index contributed by atoms with van der Waals surface area (Å²) in [7, 11) is 0. The largest absolute Gasteiger partial charge is 0.326 e. The zero-order valence-corrected chi connectivity index (χ0v) is 19.9. The fourth-order valence-corrected chi connectivity index (χ4v) is 4.39. The highest BCUT2D eigenvalue weighted by Gasteiger charge is 2.23. The highest BCUT2D eigenvalue weighted by atomic mass is 35.5. The predicted octanol–water partition coefficient (Wildman–Crippen LogP) is 7.59. The van der Waals surface area contributed by atoms with Crippen molar-refractivity contribution in [3.05, 3.63) is 88.4 Å². The maximum atomic E-state index is 13.2. The van der Waals surface area contributed by atoms with E-state index in [1.54, 1.807) is 18.2 Å². The van der Waals surface area contributed by atoms with E-state index in [9.17, 15) is 9.59 Å². The first-order chi connectivity index (χ1) is 15.5. The standard InChI is InChI=1S/C25H24Cl2N2O2S/c1-2-3-12-22(30)28-18-13-15-19(16-14-18)32-24(17-8-5-4-6-9-17)25(31)29-21-11-7-10-20(26)23(21)27/h4-11,13-16,24H,2-3,12H2,1H3,(H,28,30)(H,29,31). The van der Waals surface area contributed by atoms with E-state index in [4.69, 9.17) is 23.2 Å². The van der Waals surface area contributed by atoms with Crippen LogP contribution in [0, 0.1) is 0 Å². The van der Waals surface area contributed by atoms with Gasteiger partial charge in [-0.15, -0.1) is 11.8 Å². The maximum Gasteiger partial charge on any atom is 0.242 e. The van der Waals surface area contributed by atoms with E-state index in [0.29, 0.717) is 22.2 Å². The number of hydrogen-bond acceptors (Lipinski definition) is 3. The molecule has 2 amide bonds. The first-order valence-corrected chi connectivity index (χ1v) is 12.0. The van der Waals surface area contributed by atoms with E-state index in [-0.39, 0.29) is 11.8 Å². The molecule has 0 saturated carbocycles. The maximum absolute atomic E-state index is 13.2. The fraction of sp³-hybridized carbons (Fsp3) is 0.200. The van der Waals surface area contributed by atoms with Gasteiger partial charge in [-0.2, -0.15) is 0 Å². The number of hydrogen-bond donors (Lipinski definition) is 2. The highest BCUT2D eigenvalue weighted by molar-refractivity contribution is 8.00. The van der Waals surface area contributed by atoms with Gasteiger partial charge in [0.15, 0.2) is 0 Å². The molecule has 3 rings (SSSR count). The van der Waals surface area contributed by atoms with Crippen molar-refractivity contribution in [2.75, 3.05) is 10.6 Å². The van der Waals surface area contributed by atoms with E-state index < -0.39 is 5.25 Å². The molecular formula is C25H24Cl2N2O2S. The third-order valence-corrected chi connectivity index (χ3v) is 6.78. The molecule has 0 spiro atoms. The molecule has 7 heteroatoms. The third kappa shape index (κ3) is 6.76. The first kappa shape index (κ1) is 24.2. The fourth-order valence-electron chi connectivity index (χ4n) is 3.01. The summed E-state index contributed by atoms with van der Waals surface area (Å²) in [6, 6.07) is 22.2. The van der Waals surface area contributed by atoms with E-state index in [1.807, 2.05) is 54.6 Å². The normalized spacial score (nSPS) is 11.6. The van der Waals surface area contributed by atoms with Crippen LogP contribution < -0.4 is 10.6 Å². The molecule has 0 aliphatic heterocycles. The van der Waals surface area contributed by atoms with Gasteiger partial charge in [0, 0.05) is 17.0 Å². The second-order valence-corrected chi connectivity index (χ2v) is 9.14. The van der Waals surface area contributed by atoms with Gasteiger partial charge in [-0.05, 0) is 48.4 Å². The molecule has 0 aromatic heterocycles. The molecule has 166 valence electrons. The summed E-state index contributed by atoms with van der Waals surface area (Å²) >= 11 is 13.8. The molecule has 3 aromatic rings. The lowest BCUT2D eigenvalue weighted by Gasteiger charge is -2.18. The van der Waals surface area contributed by atoms with E-state index in [0.717, 1.165) is 29.0 Å². The Labute approximate surface area is 202 Å². The number of anilines is 2. The van der Waals surface area contributed by atoms with Crippen molar-refractivity contribution in [3.63, 3.8) is 0 Å². The summed E-state index contributed by atoms with van der Waals surface area (Å²) in [6.07, 6.45) is 2.35. The minimum atomic E-state index is -0.503. The van der Waals surface area contributed by atoms with Gasteiger partial charge in [0.25, 0.3) is 0 Å². The third-order valence-electron chi connectivity index (χ3n) is 4.70. The number of rotatable bonds is 9. The van der Waals surface area contributed by atoms with Gasteiger partial charge in [-0.1, -0.05) is 72.9 Å². The average Bonchev–Trinajstić information content (AvgIpc) is 2.80. The second-order valence-electron chi connectivity index (χ2n) is 7.18. The van der Waals surface area contributed by atoms with Crippen LogP contribution in [0.4, 0.5) is 11.4 Å². The topological polar surface area (TPSA) is 58.2 Å². The molecule has 1 atom stereocenters. The molecule has 0 radical (unpaired) electrons. The summed E-state index contributed by atoms with van der Waals surface area (Å²) in [4.78, 5) is 26.0. The summed E-state index contributed by atoms with van der Waals surface area (Å²) in [5, 5.41) is 5.98. The minimum absolute atomic E-state index is 0.00666. The van der Waals surface area contributed by atoms with Gasteiger partial charge in [-0.25, -0.2) is 0 Å². The van der Waals surface area contributed by atoms with E-state index in [2.05, 4.69) is 17.6 Å². The molecule has 2 N–H and O–H groups in total. The van der Waals surface area contributed by atoms with Crippen LogP contribution in [0.1, 0.15) is 37.0 Å². The number of thioether (sulfide) groups is 1. The van der Waals surface area contributed by atoms with Gasteiger partial charge in [0.05, 0.1) is 15.7 Å². The Bertz CT molecular complexity index is 1060. The number of unbranched alkanes of at least 4 members (excludes halogenated alkanes) is 1. The van der Waals surface area contributed by atoms with Crippen molar-refractivity contribution < 1.29 is 9.59 Å². The van der Waals surface area contributed by atoms with Crippen molar-refractivity contribution in [1.82, 2.24) is 0 Å². The minimum Gasteiger partial charge on any atom is -0.326 e. The quantitative estimate of drug-likeness (QED) is 0.306. The Kier molecular flexibility index (Phi) is 9.03. The SMILES string of the molecule is CCCCC(=O)Nc1ccc(SC(C(=O)Nc2cccc(Cl)c2Cl)c2ccccc2)cc1. The monoisotopic (exact) mass is 486 g/mol. The van der Waals surface area contributed by atoms with Crippen LogP contribution in [0.3, 0.4) is 0 Å². The van der Waals surface area contributed by atoms with Crippen molar-refractivity contribution >= 4 is 58.2 Å². The van der Waals surface area contributed by atoms with Crippen molar-refractivity contribution in [1.29, 1.82) is 0 Å². The molecule has 32 heavy (non-hydrogen) atoms. The highest BCUT2D eigenvalue weighted by Crippen LogP contribution is 2.38. The Balaban J connectivity index is 1.76. The van der Waals surface area contributed by atoms with Crippen LogP contribution >= 0.6 is 35.0 Å². The van der Waals surface area contributed by atoms with Crippen LogP contribution in [0.15, 0.2) is 77.7 Å². The van der Waals surface area contributed by atoms with E-state index >= 15 is 0 Å². The smallest absolute Gasteiger partial charge is 0.242 e. The van der Waals surface area contributed by atoms with Crippen LogP contribution in [0.5, 0.6) is 0 Å². The lowest BCUT2D eigenvalue weighted by atomic mass is 10.1. The molecule has 0 aliphatic carbocycles. The molecule has 0 heterocycles. The van der Waals surface area contributed by atoms with Gasteiger partial charge >= 0.3 is 0 Å². The van der Waals surface area contributed by atoms with Crippen LogP contribution in [0.2, 0.25) is 10.0 Å². The van der Waals surface area contributed by atoms with Gasteiger partial charge in [0.1, 0.15) is 5.25 Å². The zero-order chi connectivity index (χ0) is 22.9. The van der Waals surface area contributed by atoms with Crippen LogP contribution in [0.25, 0.3) is 0 Å². The summed E-state index contributed by atoms with van der Waals surface area (Å²) < 4.78 is 0.